The van der Waals surface area contributed by atoms with Crippen molar-refractivity contribution >= 4 is 41.2 Å². The number of hydrogen-bond donors (Lipinski definition) is 4. The number of nitrogens with two attached hydrogens (primary N) is 1. The Balaban J connectivity index is 0.000000307. The Morgan fingerprint density at radius 1 is 0.768 bits per heavy atom. The third kappa shape index (κ3) is 15.1. The highest BCUT2D eigenvalue weighted by molar-refractivity contribution is 6.31. The van der Waals surface area contributed by atoms with Crippen LogP contribution in [0.5, 0.6) is 0 Å². The molecule has 0 aliphatic heterocycles. The van der Waals surface area contributed by atoms with Gasteiger partial charge >= 0.3 is 18.0 Å². The number of nitrogens with zero attached hydrogens (tertiary/aromatic N) is 2. The van der Waals surface area contributed by atoms with Crippen molar-refractivity contribution in [3.05, 3.63) is 118 Å². The Labute approximate surface area is 334 Å². The molecule has 0 unspecified atom stereocenters. The van der Waals surface area contributed by atoms with E-state index in [4.69, 9.17) is 38.5 Å². The van der Waals surface area contributed by atoms with E-state index in [9.17, 15) is 33.4 Å². The summed E-state index contributed by atoms with van der Waals surface area (Å²) in [5.74, 6) is 3.54. The zero-order chi connectivity index (χ0) is 41.6. The van der Waals surface area contributed by atoms with Crippen LogP contribution < -0.4 is 11.3 Å². The summed E-state index contributed by atoms with van der Waals surface area (Å²) in [5.41, 5.74) is 5.49. The molecule has 0 fully saturated rings. The van der Waals surface area contributed by atoms with Gasteiger partial charge < -0.3 is 24.4 Å². The summed E-state index contributed by atoms with van der Waals surface area (Å²) in [7, 11) is 1.16. The Hall–Kier alpha value is -4.67. The van der Waals surface area contributed by atoms with Crippen molar-refractivity contribution in [3.63, 3.8) is 0 Å². The normalized spacial score (nSPS) is 12.3. The van der Waals surface area contributed by atoms with Crippen LogP contribution in [0, 0.1) is 11.6 Å². The van der Waals surface area contributed by atoms with Gasteiger partial charge in [0.25, 0.3) is 0 Å². The molecule has 16 heteroatoms. The van der Waals surface area contributed by atoms with Crippen molar-refractivity contribution in [2.75, 3.05) is 26.8 Å². The van der Waals surface area contributed by atoms with E-state index in [0.717, 1.165) is 18.2 Å². The molecule has 4 aromatic rings. The van der Waals surface area contributed by atoms with Crippen LogP contribution in [0.15, 0.2) is 84.9 Å². The first-order valence-corrected chi connectivity index (χ1v) is 18.1. The lowest BCUT2D eigenvalue weighted by atomic mass is 10.0. The molecule has 302 valence electrons. The van der Waals surface area contributed by atoms with Gasteiger partial charge in [-0.1, -0.05) is 71.7 Å². The number of halogens is 4. The second-order valence-electron chi connectivity index (χ2n) is 13.4. The van der Waals surface area contributed by atoms with Crippen LogP contribution in [0.1, 0.15) is 38.8 Å². The number of benzene rings is 4. The Kier molecular flexibility index (Phi) is 17.6. The molecule has 0 heterocycles. The first kappa shape index (κ1) is 45.7. The lowest BCUT2D eigenvalue weighted by Gasteiger charge is -2.27. The van der Waals surface area contributed by atoms with Crippen LogP contribution in [-0.2, 0) is 36.9 Å². The zero-order valence-corrected chi connectivity index (χ0v) is 33.1. The van der Waals surface area contributed by atoms with Crippen LogP contribution in [-0.4, -0.2) is 82.9 Å². The lowest BCUT2D eigenvalue weighted by Crippen LogP contribution is -2.48. The van der Waals surface area contributed by atoms with Crippen LogP contribution in [0.2, 0.25) is 10.0 Å². The van der Waals surface area contributed by atoms with Gasteiger partial charge in [0, 0.05) is 34.3 Å². The molecule has 56 heavy (non-hydrogen) atoms. The molecule has 5 N–H and O–H groups in total. The second-order valence-corrected chi connectivity index (χ2v) is 14.2. The van der Waals surface area contributed by atoms with Gasteiger partial charge in [-0.05, 0) is 86.3 Å². The number of esters is 2. The van der Waals surface area contributed by atoms with Crippen molar-refractivity contribution in [3.8, 4) is 22.3 Å². The number of carbonyl (C=O) groups is 3. The van der Waals surface area contributed by atoms with E-state index in [1.54, 1.807) is 82.3 Å². The molecule has 0 bridgehead atoms. The van der Waals surface area contributed by atoms with Crippen molar-refractivity contribution in [2.24, 2.45) is 5.84 Å². The van der Waals surface area contributed by atoms with Crippen molar-refractivity contribution in [1.29, 1.82) is 0 Å². The molecule has 0 aliphatic rings. The van der Waals surface area contributed by atoms with E-state index in [1.807, 2.05) is 0 Å². The summed E-state index contributed by atoms with van der Waals surface area (Å²) in [6, 6.07) is 22.7. The van der Waals surface area contributed by atoms with Gasteiger partial charge in [-0.25, -0.2) is 33.2 Å². The summed E-state index contributed by atoms with van der Waals surface area (Å²) in [6.07, 6.45) is -3.51. The summed E-state index contributed by atoms with van der Waals surface area (Å²) < 4.78 is 42.5. The maximum absolute atomic E-state index is 14.1. The van der Waals surface area contributed by atoms with Gasteiger partial charge in [-0.15, -0.1) is 0 Å². The summed E-state index contributed by atoms with van der Waals surface area (Å²) >= 11 is 11.9. The number of nitrogens with one attached hydrogen (secondary N) is 1. The fraction of sp³-hybridized carbons (Fsp3) is 0.325. The summed E-state index contributed by atoms with van der Waals surface area (Å²) in [6.45, 7) is 7.19. The molecule has 0 saturated carbocycles. The number of aliphatic hydroxyl groups is 2. The molecule has 0 saturated heterocycles. The predicted molar refractivity (Wildman–Crippen MR) is 209 cm³/mol. The minimum Gasteiger partial charge on any atom is -0.467 e. The van der Waals surface area contributed by atoms with Gasteiger partial charge in [0.1, 0.15) is 17.2 Å². The number of methoxy groups -OCH3 is 1. The molecule has 2 atom stereocenters. The second kappa shape index (κ2) is 21.6. The number of ether oxygens (including phenoxy) is 3. The number of hydrazine groups is 2. The van der Waals surface area contributed by atoms with E-state index in [1.165, 1.54) is 40.3 Å². The highest BCUT2D eigenvalue weighted by Gasteiger charge is 2.24. The summed E-state index contributed by atoms with van der Waals surface area (Å²) in [4.78, 5) is 35.1. The zero-order valence-electron chi connectivity index (χ0n) is 31.6. The highest BCUT2D eigenvalue weighted by Crippen LogP contribution is 2.28. The Morgan fingerprint density at radius 2 is 1.23 bits per heavy atom. The molecular formula is C40H46Cl2F2N4O8. The molecular weight excluding hydrogens is 773 g/mol. The molecule has 0 aliphatic carbocycles. The quantitative estimate of drug-likeness (QED) is 0.0465. The van der Waals surface area contributed by atoms with Crippen LogP contribution in [0.4, 0.5) is 13.6 Å². The number of hydrogen-bond acceptors (Lipinski definition) is 11. The van der Waals surface area contributed by atoms with Gasteiger partial charge in [-0.2, -0.15) is 0 Å². The standard InChI is InChI=1S/C22H26ClFN2O5.C18H20ClFN2O3/c1-22(2,3)31-21(29)25-26(13-19(27)20(28)30-4)12-14-5-7-15(8-6-14)17-11-16(23)9-10-18(17)24;1-2-25-18(24)17(23)11-22(21)10-12-3-5-13(6-4-12)15-9-14(19)7-8-16(15)20/h5-11,19,27H,12-13H2,1-4H3,(H,25,29);3-9,17,23H,2,10-11,21H2,1H3/t19-;17-/m11/s1. The van der Waals surface area contributed by atoms with Crippen molar-refractivity contribution in [2.45, 2.75) is 58.6 Å². The molecule has 0 aromatic heterocycles. The minimum absolute atomic E-state index is 0.0521. The van der Waals surface area contributed by atoms with Crippen molar-refractivity contribution < 1.29 is 47.6 Å². The average Bonchev–Trinajstić information content (AvgIpc) is 3.13. The first-order chi connectivity index (χ1) is 26.4. The monoisotopic (exact) mass is 818 g/mol. The Bertz CT molecular complexity index is 1910. The average molecular weight is 820 g/mol. The third-order valence-corrected chi connectivity index (χ3v) is 8.10. The maximum Gasteiger partial charge on any atom is 0.422 e. The van der Waals surface area contributed by atoms with Crippen LogP contribution in [0.3, 0.4) is 0 Å². The largest absolute Gasteiger partial charge is 0.467 e. The topological polar surface area (TPSA) is 164 Å². The molecule has 0 radical (unpaired) electrons. The van der Waals surface area contributed by atoms with E-state index < -0.39 is 41.7 Å². The Morgan fingerprint density at radius 3 is 1.68 bits per heavy atom. The third-order valence-electron chi connectivity index (χ3n) is 7.63. The van der Waals surface area contributed by atoms with Crippen LogP contribution >= 0.6 is 23.2 Å². The molecule has 0 spiro atoms. The number of aliphatic hydroxyl groups excluding tert-OH is 2. The smallest absolute Gasteiger partial charge is 0.422 e. The minimum atomic E-state index is -1.47. The maximum atomic E-state index is 14.1. The van der Waals surface area contributed by atoms with Gasteiger partial charge in [0.2, 0.25) is 0 Å². The molecule has 4 rings (SSSR count). The highest BCUT2D eigenvalue weighted by atomic mass is 35.5. The fourth-order valence-electron chi connectivity index (χ4n) is 5.07. The predicted octanol–water partition coefficient (Wildman–Crippen LogP) is 6.67. The number of carbonyl (C=O) groups excluding carboxylic acids is 3. The van der Waals surface area contributed by atoms with E-state index in [0.29, 0.717) is 38.8 Å². The summed E-state index contributed by atoms with van der Waals surface area (Å²) in [5, 5.41) is 23.2. The van der Waals surface area contributed by atoms with E-state index >= 15 is 0 Å². The number of rotatable bonds is 14. The molecule has 4 aromatic carbocycles. The number of amides is 1. The van der Waals surface area contributed by atoms with Gasteiger partial charge in [0.05, 0.1) is 26.8 Å². The fourth-order valence-corrected chi connectivity index (χ4v) is 5.41. The van der Waals surface area contributed by atoms with Gasteiger partial charge in [0.15, 0.2) is 12.2 Å². The van der Waals surface area contributed by atoms with E-state index in [-0.39, 0.29) is 32.1 Å². The van der Waals surface area contributed by atoms with E-state index in [2.05, 4.69) is 10.2 Å². The lowest BCUT2D eigenvalue weighted by molar-refractivity contribution is -0.154. The first-order valence-electron chi connectivity index (χ1n) is 17.3. The van der Waals surface area contributed by atoms with Crippen molar-refractivity contribution in [1.82, 2.24) is 15.4 Å². The SMILES string of the molecule is CCOC(=O)[C@H](O)CN(N)Cc1ccc(-c2cc(Cl)ccc2F)cc1.COC(=O)[C@H](O)CN(Cc1ccc(-c2cc(Cl)ccc2F)cc1)NC(=O)OC(C)(C)C. The van der Waals surface area contributed by atoms with Gasteiger partial charge in [-0.3, -0.25) is 11.3 Å². The van der Waals surface area contributed by atoms with Crippen LogP contribution in [0.25, 0.3) is 22.3 Å². The molecule has 12 nitrogen and oxygen atoms in total. The molecule has 1 amide bonds.